The van der Waals surface area contributed by atoms with Gasteiger partial charge in [0, 0.05) is 24.3 Å². The Labute approximate surface area is 147 Å². The van der Waals surface area contributed by atoms with Crippen LogP contribution in [-0.4, -0.2) is 50.6 Å². The Morgan fingerprint density at radius 2 is 2.20 bits per heavy atom. The molecule has 1 saturated carbocycles. The van der Waals surface area contributed by atoms with Gasteiger partial charge in [0.1, 0.15) is 0 Å². The third kappa shape index (κ3) is 3.65. The van der Waals surface area contributed by atoms with E-state index in [1.54, 1.807) is 0 Å². The number of hydrogen-bond donors (Lipinski definition) is 1. The average Bonchev–Trinajstić information content (AvgIpc) is 3.36. The number of benzene rings is 1. The van der Waals surface area contributed by atoms with E-state index in [1.807, 2.05) is 33.8 Å². The summed E-state index contributed by atoms with van der Waals surface area (Å²) in [7, 11) is 0. The van der Waals surface area contributed by atoms with Gasteiger partial charge in [0.15, 0.2) is 5.82 Å². The van der Waals surface area contributed by atoms with E-state index < -0.39 is 0 Å². The highest BCUT2D eigenvalue weighted by molar-refractivity contribution is 5.81. The van der Waals surface area contributed by atoms with Gasteiger partial charge < -0.3 is 10.2 Å². The Morgan fingerprint density at radius 3 is 3.00 bits per heavy atom. The second-order valence-electron chi connectivity index (χ2n) is 7.20. The maximum atomic E-state index is 12.4. The smallest absolute Gasteiger partial charge is 0.241 e. The molecule has 0 radical (unpaired) electrons. The van der Waals surface area contributed by atoms with Crippen LogP contribution >= 0.6 is 0 Å². The molecular weight excluding hydrogens is 316 g/mol. The zero-order valence-electron chi connectivity index (χ0n) is 14.6. The lowest BCUT2D eigenvalue weighted by Gasteiger charge is -2.31. The minimum absolute atomic E-state index is 0.166. The Morgan fingerprint density at radius 1 is 1.32 bits per heavy atom. The molecule has 1 aliphatic carbocycles. The standard InChI is InChI=1S/C18H24N6O/c1-13-4-3-9-23(12-13)17(25)11-19-15-6-2-5-14(10-15)18-20-21-22-24(18)16-7-8-16/h2,5-6,10,13,16,19H,3-4,7-9,11-12H2,1H3. The summed E-state index contributed by atoms with van der Waals surface area (Å²) >= 11 is 0. The van der Waals surface area contributed by atoms with Gasteiger partial charge in [-0.15, -0.1) is 5.10 Å². The first-order valence-corrected chi connectivity index (χ1v) is 9.10. The van der Waals surface area contributed by atoms with Crippen LogP contribution < -0.4 is 5.32 Å². The van der Waals surface area contributed by atoms with Crippen molar-refractivity contribution in [1.29, 1.82) is 0 Å². The van der Waals surface area contributed by atoms with E-state index in [-0.39, 0.29) is 5.91 Å². The third-order valence-electron chi connectivity index (χ3n) is 4.96. The molecule has 1 atom stereocenters. The predicted molar refractivity (Wildman–Crippen MR) is 95.0 cm³/mol. The maximum Gasteiger partial charge on any atom is 0.241 e. The molecule has 2 aliphatic rings. The van der Waals surface area contributed by atoms with Gasteiger partial charge in [0.2, 0.25) is 5.91 Å². The van der Waals surface area contributed by atoms with E-state index in [0.29, 0.717) is 18.5 Å². The van der Waals surface area contributed by atoms with Crippen molar-refractivity contribution in [2.24, 2.45) is 5.92 Å². The number of carbonyl (C=O) groups excluding carboxylic acids is 1. The number of nitrogens with one attached hydrogen (secondary N) is 1. The highest BCUT2D eigenvalue weighted by Crippen LogP contribution is 2.36. The van der Waals surface area contributed by atoms with Crippen molar-refractivity contribution in [2.75, 3.05) is 25.0 Å². The molecule has 0 bridgehead atoms. The number of amides is 1. The second kappa shape index (κ2) is 6.82. The summed E-state index contributed by atoms with van der Waals surface area (Å²) in [4.78, 5) is 14.4. The van der Waals surface area contributed by atoms with E-state index >= 15 is 0 Å². The van der Waals surface area contributed by atoms with Gasteiger partial charge in [-0.1, -0.05) is 19.1 Å². The van der Waals surface area contributed by atoms with Crippen LogP contribution in [-0.2, 0) is 4.79 Å². The number of rotatable bonds is 5. The fraction of sp³-hybridized carbons (Fsp3) is 0.556. The fourth-order valence-corrected chi connectivity index (χ4v) is 3.42. The fourth-order valence-electron chi connectivity index (χ4n) is 3.42. The molecule has 2 fully saturated rings. The summed E-state index contributed by atoms with van der Waals surface area (Å²) in [5, 5.41) is 15.3. The summed E-state index contributed by atoms with van der Waals surface area (Å²) in [6.07, 6.45) is 4.60. The monoisotopic (exact) mass is 340 g/mol. The summed E-state index contributed by atoms with van der Waals surface area (Å²) in [5.74, 6) is 1.56. The van der Waals surface area contributed by atoms with Gasteiger partial charge in [0.05, 0.1) is 12.6 Å². The van der Waals surface area contributed by atoms with Crippen molar-refractivity contribution in [1.82, 2.24) is 25.1 Å². The van der Waals surface area contributed by atoms with Crippen molar-refractivity contribution >= 4 is 11.6 Å². The Kier molecular flexibility index (Phi) is 4.38. The van der Waals surface area contributed by atoms with Crippen LogP contribution in [0.1, 0.15) is 38.6 Å². The number of anilines is 1. The van der Waals surface area contributed by atoms with Crippen molar-refractivity contribution in [3.05, 3.63) is 24.3 Å². The molecule has 1 saturated heterocycles. The van der Waals surface area contributed by atoms with Crippen LogP contribution in [0.15, 0.2) is 24.3 Å². The van der Waals surface area contributed by atoms with Gasteiger partial charge >= 0.3 is 0 Å². The number of carbonyl (C=O) groups is 1. The molecule has 1 aromatic heterocycles. The number of tetrazole rings is 1. The van der Waals surface area contributed by atoms with Crippen molar-refractivity contribution in [3.63, 3.8) is 0 Å². The van der Waals surface area contributed by atoms with E-state index in [0.717, 1.165) is 49.4 Å². The normalized spacial score (nSPS) is 20.5. The first-order valence-electron chi connectivity index (χ1n) is 9.10. The van der Waals surface area contributed by atoms with Crippen LogP contribution in [0, 0.1) is 5.92 Å². The van der Waals surface area contributed by atoms with Gasteiger partial charge in [-0.2, -0.15) is 0 Å². The highest BCUT2D eigenvalue weighted by Gasteiger charge is 2.28. The molecule has 4 rings (SSSR count). The first-order chi connectivity index (χ1) is 12.2. The average molecular weight is 340 g/mol. The predicted octanol–water partition coefficient (Wildman–Crippen LogP) is 2.35. The maximum absolute atomic E-state index is 12.4. The molecule has 1 N–H and O–H groups in total. The second-order valence-corrected chi connectivity index (χ2v) is 7.20. The van der Waals surface area contributed by atoms with Gasteiger partial charge in [0.25, 0.3) is 0 Å². The molecule has 7 nitrogen and oxygen atoms in total. The van der Waals surface area contributed by atoms with Crippen LogP contribution in [0.5, 0.6) is 0 Å². The topological polar surface area (TPSA) is 75.9 Å². The first kappa shape index (κ1) is 16.1. The zero-order valence-corrected chi connectivity index (χ0v) is 14.6. The highest BCUT2D eigenvalue weighted by atomic mass is 16.2. The SMILES string of the molecule is CC1CCCN(C(=O)CNc2cccc(-c3nnnn3C3CC3)c2)C1. The Bertz CT molecular complexity index is 754. The molecule has 132 valence electrons. The quantitative estimate of drug-likeness (QED) is 0.904. The van der Waals surface area contributed by atoms with Crippen LogP contribution in [0.4, 0.5) is 5.69 Å². The van der Waals surface area contributed by atoms with E-state index in [1.165, 1.54) is 6.42 Å². The van der Waals surface area contributed by atoms with Crippen molar-refractivity contribution < 1.29 is 4.79 Å². The lowest BCUT2D eigenvalue weighted by molar-refractivity contribution is -0.130. The lowest BCUT2D eigenvalue weighted by Crippen LogP contribution is -2.41. The Balaban J connectivity index is 1.41. The molecular formula is C18H24N6O. The van der Waals surface area contributed by atoms with Gasteiger partial charge in [-0.25, -0.2) is 4.68 Å². The minimum atomic E-state index is 0.166. The van der Waals surface area contributed by atoms with Gasteiger partial charge in [-0.05, 0) is 54.2 Å². The minimum Gasteiger partial charge on any atom is -0.376 e. The summed E-state index contributed by atoms with van der Waals surface area (Å²) < 4.78 is 1.90. The number of likely N-dealkylation sites (tertiary alicyclic amines) is 1. The van der Waals surface area contributed by atoms with Crippen molar-refractivity contribution in [2.45, 2.75) is 38.6 Å². The summed E-state index contributed by atoms with van der Waals surface area (Å²) in [5.41, 5.74) is 1.89. The lowest BCUT2D eigenvalue weighted by atomic mass is 10.0. The molecule has 7 heteroatoms. The molecule has 25 heavy (non-hydrogen) atoms. The molecule has 1 amide bonds. The van der Waals surface area contributed by atoms with Gasteiger partial charge in [-0.3, -0.25) is 4.79 Å². The third-order valence-corrected chi connectivity index (χ3v) is 4.96. The number of piperidine rings is 1. The van der Waals surface area contributed by atoms with Crippen LogP contribution in [0.2, 0.25) is 0 Å². The Hall–Kier alpha value is -2.44. The molecule has 1 aromatic carbocycles. The van der Waals surface area contributed by atoms with E-state index in [2.05, 4.69) is 27.8 Å². The van der Waals surface area contributed by atoms with Crippen molar-refractivity contribution in [3.8, 4) is 11.4 Å². The molecule has 1 unspecified atom stereocenters. The number of aromatic nitrogens is 4. The molecule has 0 spiro atoms. The molecule has 2 heterocycles. The zero-order chi connectivity index (χ0) is 17.2. The van der Waals surface area contributed by atoms with E-state index in [9.17, 15) is 4.79 Å². The number of hydrogen-bond acceptors (Lipinski definition) is 5. The van der Waals surface area contributed by atoms with Crippen LogP contribution in [0.25, 0.3) is 11.4 Å². The largest absolute Gasteiger partial charge is 0.376 e. The molecule has 1 aliphatic heterocycles. The van der Waals surface area contributed by atoms with E-state index in [4.69, 9.17) is 0 Å². The number of nitrogens with zero attached hydrogens (tertiary/aromatic N) is 5. The van der Waals surface area contributed by atoms with Crippen LogP contribution in [0.3, 0.4) is 0 Å². The summed E-state index contributed by atoms with van der Waals surface area (Å²) in [6, 6.07) is 8.39. The summed E-state index contributed by atoms with van der Waals surface area (Å²) in [6.45, 7) is 4.28. The molecule has 2 aromatic rings.